The summed E-state index contributed by atoms with van der Waals surface area (Å²) in [6.07, 6.45) is 2.36. The first-order valence-corrected chi connectivity index (χ1v) is 6.35. The number of rotatable bonds is 4. The number of ether oxygens (including phenoxy) is 1. The molecule has 0 spiro atoms. The van der Waals surface area contributed by atoms with Crippen molar-refractivity contribution in [2.45, 2.75) is 18.4 Å². The molecule has 1 saturated carbocycles. The maximum Gasteiger partial charge on any atom is 0.132 e. The van der Waals surface area contributed by atoms with Crippen molar-refractivity contribution in [3.05, 3.63) is 60.2 Å². The third-order valence-electron chi connectivity index (χ3n) is 3.60. The SMILES string of the molecule is CNC1(c2ccccc2Oc2ccccc2)CC1. The van der Waals surface area contributed by atoms with Gasteiger partial charge in [-0.15, -0.1) is 0 Å². The molecule has 0 aliphatic heterocycles. The van der Waals surface area contributed by atoms with E-state index in [0.29, 0.717) is 0 Å². The molecule has 2 heteroatoms. The van der Waals surface area contributed by atoms with E-state index in [2.05, 4.69) is 17.4 Å². The first-order chi connectivity index (χ1) is 8.84. The molecule has 92 valence electrons. The van der Waals surface area contributed by atoms with Crippen molar-refractivity contribution in [3.8, 4) is 11.5 Å². The van der Waals surface area contributed by atoms with Crippen LogP contribution in [-0.4, -0.2) is 7.05 Å². The van der Waals surface area contributed by atoms with E-state index in [1.165, 1.54) is 18.4 Å². The average Bonchev–Trinajstić information content (AvgIpc) is 3.22. The van der Waals surface area contributed by atoms with Gasteiger partial charge in [-0.3, -0.25) is 0 Å². The molecule has 2 nitrogen and oxygen atoms in total. The zero-order valence-electron chi connectivity index (χ0n) is 10.5. The minimum Gasteiger partial charge on any atom is -0.457 e. The molecule has 2 aromatic rings. The molecule has 0 heterocycles. The van der Waals surface area contributed by atoms with Gasteiger partial charge in [-0.1, -0.05) is 36.4 Å². The first kappa shape index (κ1) is 11.3. The summed E-state index contributed by atoms with van der Waals surface area (Å²) in [4.78, 5) is 0. The van der Waals surface area contributed by atoms with Crippen LogP contribution in [0.3, 0.4) is 0 Å². The Bertz CT molecular complexity index is 532. The van der Waals surface area contributed by atoms with Crippen LogP contribution in [0, 0.1) is 0 Å². The summed E-state index contributed by atoms with van der Waals surface area (Å²) in [6, 6.07) is 18.2. The van der Waals surface area contributed by atoms with Gasteiger partial charge in [0.1, 0.15) is 11.5 Å². The van der Waals surface area contributed by atoms with E-state index in [-0.39, 0.29) is 5.54 Å². The predicted molar refractivity (Wildman–Crippen MR) is 72.9 cm³/mol. The molecule has 0 saturated heterocycles. The van der Waals surface area contributed by atoms with Crippen molar-refractivity contribution < 1.29 is 4.74 Å². The molecule has 1 aliphatic carbocycles. The predicted octanol–water partition coefficient (Wildman–Crippen LogP) is 3.69. The van der Waals surface area contributed by atoms with Crippen molar-refractivity contribution in [3.63, 3.8) is 0 Å². The number of nitrogens with one attached hydrogen (secondary N) is 1. The lowest BCUT2D eigenvalue weighted by atomic mass is 10.0. The molecule has 0 amide bonds. The molecule has 0 atom stereocenters. The summed E-state index contributed by atoms with van der Waals surface area (Å²) in [5.74, 6) is 1.84. The largest absolute Gasteiger partial charge is 0.457 e. The average molecular weight is 239 g/mol. The Kier molecular flexibility index (Phi) is 2.80. The summed E-state index contributed by atoms with van der Waals surface area (Å²) < 4.78 is 6.00. The second kappa shape index (κ2) is 4.46. The summed E-state index contributed by atoms with van der Waals surface area (Å²) >= 11 is 0. The van der Waals surface area contributed by atoms with E-state index < -0.39 is 0 Å². The number of para-hydroxylation sites is 2. The topological polar surface area (TPSA) is 21.3 Å². The molecule has 1 fully saturated rings. The molecule has 18 heavy (non-hydrogen) atoms. The molecule has 1 N–H and O–H groups in total. The number of hydrogen-bond donors (Lipinski definition) is 1. The lowest BCUT2D eigenvalue weighted by molar-refractivity contribution is 0.457. The normalized spacial score (nSPS) is 16.3. The second-order valence-electron chi connectivity index (χ2n) is 4.74. The van der Waals surface area contributed by atoms with Gasteiger partial charge in [0.2, 0.25) is 0 Å². The Morgan fingerprint density at radius 2 is 1.61 bits per heavy atom. The highest BCUT2D eigenvalue weighted by Crippen LogP contribution is 2.49. The van der Waals surface area contributed by atoms with Gasteiger partial charge < -0.3 is 10.1 Å². The van der Waals surface area contributed by atoms with Crippen LogP contribution in [0.25, 0.3) is 0 Å². The van der Waals surface area contributed by atoms with Gasteiger partial charge in [-0.2, -0.15) is 0 Å². The van der Waals surface area contributed by atoms with Crippen LogP contribution >= 0.6 is 0 Å². The fraction of sp³-hybridized carbons (Fsp3) is 0.250. The van der Waals surface area contributed by atoms with Crippen molar-refractivity contribution in [1.82, 2.24) is 5.32 Å². The minimum absolute atomic E-state index is 0.130. The van der Waals surface area contributed by atoms with Crippen LogP contribution in [0.15, 0.2) is 54.6 Å². The van der Waals surface area contributed by atoms with E-state index in [1.54, 1.807) is 0 Å². The van der Waals surface area contributed by atoms with Gasteiger partial charge in [0.25, 0.3) is 0 Å². The highest BCUT2D eigenvalue weighted by Gasteiger charge is 2.44. The third kappa shape index (κ3) is 2.00. The van der Waals surface area contributed by atoms with Crippen LogP contribution in [-0.2, 0) is 5.54 Å². The van der Waals surface area contributed by atoms with E-state index >= 15 is 0 Å². The Labute approximate surface area is 108 Å². The van der Waals surface area contributed by atoms with Gasteiger partial charge >= 0.3 is 0 Å². The Morgan fingerprint density at radius 1 is 0.944 bits per heavy atom. The highest BCUT2D eigenvalue weighted by atomic mass is 16.5. The highest BCUT2D eigenvalue weighted by molar-refractivity contribution is 5.44. The van der Waals surface area contributed by atoms with Crippen molar-refractivity contribution in [1.29, 1.82) is 0 Å². The fourth-order valence-electron chi connectivity index (χ4n) is 2.35. The van der Waals surface area contributed by atoms with E-state index in [4.69, 9.17) is 4.74 Å². The molecule has 2 aromatic carbocycles. The Morgan fingerprint density at radius 3 is 2.28 bits per heavy atom. The molecule has 3 rings (SSSR count). The van der Waals surface area contributed by atoms with Crippen molar-refractivity contribution in [2.75, 3.05) is 7.05 Å². The molecule has 0 aromatic heterocycles. The standard InChI is InChI=1S/C16H17NO/c1-17-16(11-12-16)14-9-5-6-10-15(14)18-13-7-3-2-4-8-13/h2-10,17H,11-12H2,1H3. The molecule has 0 bridgehead atoms. The maximum absolute atomic E-state index is 6.00. The summed E-state index contributed by atoms with van der Waals surface area (Å²) in [7, 11) is 2.02. The molecular weight excluding hydrogens is 222 g/mol. The lowest BCUT2D eigenvalue weighted by Gasteiger charge is -2.19. The van der Waals surface area contributed by atoms with Crippen LogP contribution < -0.4 is 10.1 Å². The molecule has 0 radical (unpaired) electrons. The van der Waals surface area contributed by atoms with Gasteiger partial charge in [0.15, 0.2) is 0 Å². The Hall–Kier alpha value is -1.80. The van der Waals surface area contributed by atoms with E-state index in [0.717, 1.165) is 11.5 Å². The molecule has 1 aliphatic rings. The van der Waals surface area contributed by atoms with E-state index in [1.807, 2.05) is 49.5 Å². The lowest BCUT2D eigenvalue weighted by Crippen LogP contribution is -2.24. The van der Waals surface area contributed by atoms with Crippen LogP contribution in [0.5, 0.6) is 11.5 Å². The smallest absolute Gasteiger partial charge is 0.132 e. The van der Waals surface area contributed by atoms with Crippen molar-refractivity contribution in [2.24, 2.45) is 0 Å². The number of benzene rings is 2. The van der Waals surface area contributed by atoms with Crippen LogP contribution in [0.1, 0.15) is 18.4 Å². The summed E-state index contributed by atoms with van der Waals surface area (Å²) in [5.41, 5.74) is 1.39. The summed E-state index contributed by atoms with van der Waals surface area (Å²) in [5, 5.41) is 3.41. The molecular formula is C16H17NO. The zero-order chi connectivity index (χ0) is 12.4. The Balaban J connectivity index is 1.93. The van der Waals surface area contributed by atoms with Gasteiger partial charge in [-0.25, -0.2) is 0 Å². The minimum atomic E-state index is 0.130. The molecule has 0 unspecified atom stereocenters. The van der Waals surface area contributed by atoms with Gasteiger partial charge in [0.05, 0.1) is 0 Å². The third-order valence-corrected chi connectivity index (χ3v) is 3.60. The van der Waals surface area contributed by atoms with Crippen LogP contribution in [0.4, 0.5) is 0 Å². The fourth-order valence-corrected chi connectivity index (χ4v) is 2.35. The monoisotopic (exact) mass is 239 g/mol. The van der Waals surface area contributed by atoms with E-state index in [9.17, 15) is 0 Å². The quantitative estimate of drug-likeness (QED) is 0.878. The second-order valence-corrected chi connectivity index (χ2v) is 4.74. The maximum atomic E-state index is 6.00. The summed E-state index contributed by atoms with van der Waals surface area (Å²) in [6.45, 7) is 0. The zero-order valence-corrected chi connectivity index (χ0v) is 10.5. The van der Waals surface area contributed by atoms with Gasteiger partial charge in [0, 0.05) is 11.1 Å². The van der Waals surface area contributed by atoms with Gasteiger partial charge in [-0.05, 0) is 38.1 Å². The first-order valence-electron chi connectivity index (χ1n) is 6.35. The van der Waals surface area contributed by atoms with Crippen LogP contribution in [0.2, 0.25) is 0 Å². The van der Waals surface area contributed by atoms with Crippen molar-refractivity contribution >= 4 is 0 Å². The number of hydrogen-bond acceptors (Lipinski definition) is 2.